The van der Waals surface area contributed by atoms with Crippen LogP contribution >= 0.6 is 11.6 Å². The van der Waals surface area contributed by atoms with Crippen molar-refractivity contribution in [3.05, 3.63) is 63.4 Å². The largest absolute Gasteiger partial charge is 0.376 e. The molecule has 1 unspecified atom stereocenters. The maximum atomic E-state index is 13.8. The Kier molecular flexibility index (Phi) is 4.34. The molecule has 0 bridgehead atoms. The summed E-state index contributed by atoms with van der Waals surface area (Å²) in [4.78, 5) is 0. The molecule has 0 aliphatic rings. The van der Waals surface area contributed by atoms with Crippen LogP contribution in [0.1, 0.15) is 35.2 Å². The number of benzene rings is 2. The minimum Gasteiger partial charge on any atom is -0.376 e. The van der Waals surface area contributed by atoms with Crippen LogP contribution in [0.2, 0.25) is 5.02 Å². The summed E-state index contributed by atoms with van der Waals surface area (Å²) in [7, 11) is 0. The van der Waals surface area contributed by atoms with Crippen molar-refractivity contribution in [2.24, 2.45) is 0 Å². The van der Waals surface area contributed by atoms with Crippen LogP contribution in [-0.4, -0.2) is 0 Å². The van der Waals surface area contributed by atoms with Gasteiger partial charge in [0.15, 0.2) is 0 Å². The van der Waals surface area contributed by atoms with Crippen molar-refractivity contribution in [3.63, 3.8) is 0 Å². The summed E-state index contributed by atoms with van der Waals surface area (Å²) >= 11 is 5.77. The third-order valence-corrected chi connectivity index (χ3v) is 3.89. The van der Waals surface area contributed by atoms with E-state index in [4.69, 9.17) is 11.6 Å². The molecule has 20 heavy (non-hydrogen) atoms. The highest BCUT2D eigenvalue weighted by Crippen LogP contribution is 2.27. The van der Waals surface area contributed by atoms with Gasteiger partial charge in [-0.2, -0.15) is 0 Å². The molecule has 0 aliphatic heterocycles. The first-order valence-electron chi connectivity index (χ1n) is 6.68. The molecule has 0 saturated carbocycles. The Morgan fingerprint density at radius 1 is 1.00 bits per heavy atom. The second-order valence-corrected chi connectivity index (χ2v) is 5.72. The second kappa shape index (κ2) is 5.84. The summed E-state index contributed by atoms with van der Waals surface area (Å²) in [6.07, 6.45) is 0. The third kappa shape index (κ3) is 3.13. The third-order valence-electron chi connectivity index (χ3n) is 3.65. The van der Waals surface area contributed by atoms with Crippen LogP contribution in [0.5, 0.6) is 0 Å². The molecule has 106 valence electrons. The zero-order valence-electron chi connectivity index (χ0n) is 12.2. The molecule has 1 nitrogen and oxygen atoms in total. The maximum absolute atomic E-state index is 13.8. The number of anilines is 1. The lowest BCUT2D eigenvalue weighted by Crippen LogP contribution is -2.10. The van der Waals surface area contributed by atoms with E-state index in [2.05, 4.69) is 38.2 Å². The van der Waals surface area contributed by atoms with Crippen molar-refractivity contribution < 1.29 is 4.39 Å². The van der Waals surface area contributed by atoms with E-state index in [-0.39, 0.29) is 11.9 Å². The molecule has 0 heterocycles. The topological polar surface area (TPSA) is 12.0 Å². The summed E-state index contributed by atoms with van der Waals surface area (Å²) in [5.41, 5.74) is 5.39. The molecule has 0 radical (unpaired) electrons. The van der Waals surface area contributed by atoms with Crippen LogP contribution in [0.3, 0.4) is 0 Å². The van der Waals surface area contributed by atoms with Gasteiger partial charge in [-0.05, 0) is 68.1 Å². The van der Waals surface area contributed by atoms with E-state index < -0.39 is 0 Å². The Labute approximate surface area is 124 Å². The molecule has 0 aliphatic carbocycles. The standard InChI is InChI=1S/C17H19ClFN/c1-10-7-12(3)15(8-11(10)2)13(4)20-17-6-5-14(18)9-16(17)19/h5-9,13,20H,1-4H3. The monoisotopic (exact) mass is 291 g/mol. The van der Waals surface area contributed by atoms with Crippen molar-refractivity contribution in [3.8, 4) is 0 Å². The average Bonchev–Trinajstić information content (AvgIpc) is 2.37. The van der Waals surface area contributed by atoms with Crippen LogP contribution in [-0.2, 0) is 0 Å². The van der Waals surface area contributed by atoms with Gasteiger partial charge < -0.3 is 5.32 Å². The number of nitrogens with one attached hydrogen (secondary N) is 1. The minimum atomic E-state index is -0.328. The van der Waals surface area contributed by atoms with E-state index in [0.717, 1.165) is 0 Å². The van der Waals surface area contributed by atoms with Crippen LogP contribution in [0, 0.1) is 26.6 Å². The van der Waals surface area contributed by atoms with Crippen molar-refractivity contribution in [1.29, 1.82) is 0 Å². The molecule has 1 atom stereocenters. The van der Waals surface area contributed by atoms with Crippen molar-refractivity contribution in [1.82, 2.24) is 0 Å². The van der Waals surface area contributed by atoms with E-state index >= 15 is 0 Å². The van der Waals surface area contributed by atoms with Gasteiger partial charge >= 0.3 is 0 Å². The Balaban J connectivity index is 2.28. The fourth-order valence-corrected chi connectivity index (χ4v) is 2.53. The molecule has 2 aromatic carbocycles. The molecule has 1 N–H and O–H groups in total. The molecule has 2 aromatic rings. The average molecular weight is 292 g/mol. The summed E-state index contributed by atoms with van der Waals surface area (Å²) in [6, 6.07) is 9.04. The van der Waals surface area contributed by atoms with Gasteiger partial charge in [0, 0.05) is 11.1 Å². The number of halogens is 2. The highest BCUT2D eigenvalue weighted by molar-refractivity contribution is 6.30. The van der Waals surface area contributed by atoms with Gasteiger partial charge in [-0.15, -0.1) is 0 Å². The molecular formula is C17H19ClFN. The molecule has 0 spiro atoms. The highest BCUT2D eigenvalue weighted by Gasteiger charge is 2.12. The lowest BCUT2D eigenvalue weighted by Gasteiger charge is -2.20. The summed E-state index contributed by atoms with van der Waals surface area (Å²) < 4.78 is 13.8. The smallest absolute Gasteiger partial charge is 0.147 e. The Hall–Kier alpha value is -1.54. The fraction of sp³-hybridized carbons (Fsp3) is 0.294. The normalized spacial score (nSPS) is 12.3. The van der Waals surface area contributed by atoms with E-state index in [1.807, 2.05) is 6.92 Å². The van der Waals surface area contributed by atoms with E-state index in [1.54, 1.807) is 12.1 Å². The zero-order chi connectivity index (χ0) is 14.9. The molecule has 2 rings (SSSR count). The molecule has 0 amide bonds. The molecular weight excluding hydrogens is 273 g/mol. The predicted octanol–water partition coefficient (Wildman–Crippen LogP) is 5.58. The van der Waals surface area contributed by atoms with Gasteiger partial charge in [-0.25, -0.2) is 4.39 Å². The molecule has 0 fully saturated rings. The summed E-state index contributed by atoms with van der Waals surface area (Å²) in [5.74, 6) is -0.328. The molecule has 0 saturated heterocycles. The lowest BCUT2D eigenvalue weighted by molar-refractivity contribution is 0.627. The summed E-state index contributed by atoms with van der Waals surface area (Å²) in [6.45, 7) is 8.31. The predicted molar refractivity (Wildman–Crippen MR) is 84.1 cm³/mol. The number of aryl methyl sites for hydroxylation is 3. The first kappa shape index (κ1) is 14.9. The Morgan fingerprint density at radius 3 is 2.30 bits per heavy atom. The van der Waals surface area contributed by atoms with Crippen molar-refractivity contribution >= 4 is 17.3 Å². The van der Waals surface area contributed by atoms with Crippen molar-refractivity contribution in [2.45, 2.75) is 33.7 Å². The fourth-order valence-electron chi connectivity index (χ4n) is 2.37. The molecule has 0 aromatic heterocycles. The van der Waals surface area contributed by atoms with E-state index in [1.165, 1.54) is 28.3 Å². The number of hydrogen-bond acceptors (Lipinski definition) is 1. The van der Waals surface area contributed by atoms with Gasteiger partial charge in [0.25, 0.3) is 0 Å². The van der Waals surface area contributed by atoms with Gasteiger partial charge in [-0.3, -0.25) is 0 Å². The van der Waals surface area contributed by atoms with Gasteiger partial charge in [-0.1, -0.05) is 23.7 Å². The SMILES string of the molecule is Cc1cc(C)c(C(C)Nc2ccc(Cl)cc2F)cc1C. The van der Waals surface area contributed by atoms with Gasteiger partial charge in [0.2, 0.25) is 0 Å². The highest BCUT2D eigenvalue weighted by atomic mass is 35.5. The minimum absolute atomic E-state index is 0.0324. The Morgan fingerprint density at radius 2 is 1.65 bits per heavy atom. The van der Waals surface area contributed by atoms with Crippen LogP contribution < -0.4 is 5.32 Å². The second-order valence-electron chi connectivity index (χ2n) is 5.28. The number of rotatable bonds is 3. The van der Waals surface area contributed by atoms with Crippen LogP contribution in [0.4, 0.5) is 10.1 Å². The van der Waals surface area contributed by atoms with Crippen LogP contribution in [0.15, 0.2) is 30.3 Å². The van der Waals surface area contributed by atoms with Crippen molar-refractivity contribution in [2.75, 3.05) is 5.32 Å². The zero-order valence-corrected chi connectivity index (χ0v) is 13.0. The van der Waals surface area contributed by atoms with E-state index in [9.17, 15) is 4.39 Å². The quantitative estimate of drug-likeness (QED) is 0.778. The number of hydrogen-bond donors (Lipinski definition) is 1. The van der Waals surface area contributed by atoms with E-state index in [0.29, 0.717) is 10.7 Å². The van der Waals surface area contributed by atoms with Crippen LogP contribution in [0.25, 0.3) is 0 Å². The molecule has 3 heteroatoms. The summed E-state index contributed by atoms with van der Waals surface area (Å²) in [5, 5.41) is 3.61. The van der Waals surface area contributed by atoms with Gasteiger partial charge in [0.05, 0.1) is 5.69 Å². The maximum Gasteiger partial charge on any atom is 0.147 e. The Bertz CT molecular complexity index is 637. The van der Waals surface area contributed by atoms with Gasteiger partial charge in [0.1, 0.15) is 5.82 Å². The first-order chi connectivity index (χ1) is 9.38. The first-order valence-corrected chi connectivity index (χ1v) is 7.05. The lowest BCUT2D eigenvalue weighted by atomic mass is 9.96.